The summed E-state index contributed by atoms with van der Waals surface area (Å²) in [5.74, 6) is -0.0632. The minimum absolute atomic E-state index is 0.0632. The van der Waals surface area contributed by atoms with Crippen molar-refractivity contribution in [2.45, 2.75) is 25.6 Å². The van der Waals surface area contributed by atoms with E-state index in [1.807, 2.05) is 13.8 Å². The number of carbonyl (C=O) groups excluding carboxylic acids is 1. The number of carbonyl (C=O) groups is 1. The van der Waals surface area contributed by atoms with Crippen molar-refractivity contribution in [3.05, 3.63) is 29.0 Å². The summed E-state index contributed by atoms with van der Waals surface area (Å²) in [4.78, 5) is 18.2. The molecule has 1 fully saturated rings. The van der Waals surface area contributed by atoms with Crippen molar-refractivity contribution in [3.63, 3.8) is 0 Å². The molecule has 1 unspecified atom stereocenters. The van der Waals surface area contributed by atoms with Crippen LogP contribution in [0.25, 0.3) is 0 Å². The average molecular weight is 299 g/mol. The Hall–Kier alpha value is -1.17. The van der Waals surface area contributed by atoms with Crippen molar-refractivity contribution in [3.8, 4) is 0 Å². The summed E-state index contributed by atoms with van der Waals surface area (Å²) in [6.45, 7) is 5.44. The Labute approximate surface area is 123 Å². The Morgan fingerprint density at radius 3 is 3.05 bits per heavy atom. The van der Waals surface area contributed by atoms with Crippen LogP contribution in [0.3, 0.4) is 0 Å². The molecule has 1 amide bonds. The molecule has 110 valence electrons. The number of halogens is 1. The van der Waals surface area contributed by atoms with Crippen molar-refractivity contribution in [1.29, 1.82) is 0 Å². The molecule has 2 rings (SSSR count). The zero-order valence-electron chi connectivity index (χ0n) is 11.9. The van der Waals surface area contributed by atoms with E-state index in [1.54, 1.807) is 24.1 Å². The molecule has 0 radical (unpaired) electrons. The van der Waals surface area contributed by atoms with Gasteiger partial charge >= 0.3 is 0 Å². The number of amides is 1. The van der Waals surface area contributed by atoms with Crippen LogP contribution in [0.15, 0.2) is 18.3 Å². The third-order valence-electron chi connectivity index (χ3n) is 3.09. The zero-order valence-corrected chi connectivity index (χ0v) is 12.7. The number of aromatic nitrogens is 1. The molecule has 20 heavy (non-hydrogen) atoms. The van der Waals surface area contributed by atoms with Crippen molar-refractivity contribution < 1.29 is 14.3 Å². The smallest absolute Gasteiger partial charge is 0.254 e. The highest BCUT2D eigenvalue weighted by Crippen LogP contribution is 2.23. The third kappa shape index (κ3) is 3.69. The fourth-order valence-electron chi connectivity index (χ4n) is 2.44. The van der Waals surface area contributed by atoms with Crippen molar-refractivity contribution >= 4 is 17.5 Å². The topological polar surface area (TPSA) is 51.7 Å². The van der Waals surface area contributed by atoms with E-state index < -0.39 is 5.60 Å². The summed E-state index contributed by atoms with van der Waals surface area (Å²) in [6, 6.07) is 3.25. The molecule has 1 aliphatic rings. The van der Waals surface area contributed by atoms with Gasteiger partial charge in [0, 0.05) is 32.0 Å². The third-order valence-corrected chi connectivity index (χ3v) is 3.30. The molecule has 0 saturated carbocycles. The van der Waals surface area contributed by atoms with Gasteiger partial charge in [-0.3, -0.25) is 4.79 Å². The van der Waals surface area contributed by atoms with Gasteiger partial charge in [0.25, 0.3) is 5.91 Å². The van der Waals surface area contributed by atoms with Crippen LogP contribution in [0, 0.1) is 0 Å². The van der Waals surface area contributed by atoms with Crippen molar-refractivity contribution in [2.75, 3.05) is 26.8 Å². The van der Waals surface area contributed by atoms with Gasteiger partial charge in [-0.1, -0.05) is 11.6 Å². The van der Waals surface area contributed by atoms with E-state index in [4.69, 9.17) is 21.1 Å². The fourth-order valence-corrected chi connectivity index (χ4v) is 2.62. The zero-order chi connectivity index (χ0) is 14.8. The molecular weight excluding hydrogens is 280 g/mol. The summed E-state index contributed by atoms with van der Waals surface area (Å²) >= 11 is 5.84. The molecule has 0 aliphatic carbocycles. The summed E-state index contributed by atoms with van der Waals surface area (Å²) in [5.41, 5.74) is 0.146. The average Bonchev–Trinajstić information content (AvgIpc) is 2.36. The first-order chi connectivity index (χ1) is 9.41. The van der Waals surface area contributed by atoms with Crippen LogP contribution in [0.5, 0.6) is 0 Å². The van der Waals surface area contributed by atoms with E-state index in [0.29, 0.717) is 30.4 Å². The Balaban J connectivity index is 2.16. The van der Waals surface area contributed by atoms with Gasteiger partial charge in [0.05, 0.1) is 18.3 Å². The van der Waals surface area contributed by atoms with E-state index in [-0.39, 0.29) is 12.0 Å². The summed E-state index contributed by atoms with van der Waals surface area (Å²) in [5, 5.41) is 0.316. The molecule has 6 heteroatoms. The Morgan fingerprint density at radius 2 is 2.40 bits per heavy atom. The number of morpholine rings is 1. The number of pyridine rings is 1. The standard InChI is InChI=1S/C14H19ClN2O3/c1-14(2)9-17(7-11(20-14)8-19-3)13(18)10-4-5-16-12(15)6-10/h4-6,11H,7-9H2,1-3H3. The van der Waals surface area contributed by atoms with Crippen LogP contribution in [0.1, 0.15) is 24.2 Å². The van der Waals surface area contributed by atoms with Gasteiger partial charge < -0.3 is 14.4 Å². The van der Waals surface area contributed by atoms with Crippen LogP contribution < -0.4 is 0 Å². The highest BCUT2D eigenvalue weighted by atomic mass is 35.5. The molecule has 1 aromatic rings. The van der Waals surface area contributed by atoms with Crippen molar-refractivity contribution in [1.82, 2.24) is 9.88 Å². The molecule has 2 heterocycles. The highest BCUT2D eigenvalue weighted by Gasteiger charge is 2.35. The Morgan fingerprint density at radius 1 is 1.65 bits per heavy atom. The summed E-state index contributed by atoms with van der Waals surface area (Å²) in [6.07, 6.45) is 1.42. The van der Waals surface area contributed by atoms with Gasteiger partial charge in [0.15, 0.2) is 0 Å². The molecule has 1 aliphatic heterocycles. The number of nitrogens with zero attached hydrogens (tertiary/aromatic N) is 2. The number of rotatable bonds is 3. The Kier molecular flexibility index (Phi) is 4.62. The molecule has 0 aromatic carbocycles. The lowest BCUT2D eigenvalue weighted by molar-refractivity contribution is -0.143. The maximum Gasteiger partial charge on any atom is 0.254 e. The lowest BCUT2D eigenvalue weighted by Gasteiger charge is -2.42. The molecule has 1 aromatic heterocycles. The summed E-state index contributed by atoms with van der Waals surface area (Å²) < 4.78 is 11.0. The largest absolute Gasteiger partial charge is 0.382 e. The van der Waals surface area contributed by atoms with Gasteiger partial charge in [-0.15, -0.1) is 0 Å². The van der Waals surface area contributed by atoms with Gasteiger partial charge in [-0.25, -0.2) is 4.98 Å². The minimum atomic E-state index is -0.395. The Bertz CT molecular complexity index is 493. The molecule has 0 spiro atoms. The molecule has 1 atom stereocenters. The van der Waals surface area contributed by atoms with Gasteiger partial charge in [0.2, 0.25) is 0 Å². The summed E-state index contributed by atoms with van der Waals surface area (Å²) in [7, 11) is 1.62. The molecule has 0 N–H and O–H groups in total. The molecule has 5 nitrogen and oxygen atoms in total. The number of hydrogen-bond donors (Lipinski definition) is 0. The molecular formula is C14H19ClN2O3. The van der Waals surface area contributed by atoms with E-state index >= 15 is 0 Å². The molecule has 1 saturated heterocycles. The van der Waals surface area contributed by atoms with Gasteiger partial charge in [-0.05, 0) is 26.0 Å². The molecule has 0 bridgehead atoms. The fraction of sp³-hybridized carbons (Fsp3) is 0.571. The first-order valence-electron chi connectivity index (χ1n) is 6.49. The quantitative estimate of drug-likeness (QED) is 0.801. The van der Waals surface area contributed by atoms with E-state index in [9.17, 15) is 4.79 Å². The van der Waals surface area contributed by atoms with E-state index in [2.05, 4.69) is 4.98 Å². The highest BCUT2D eigenvalue weighted by molar-refractivity contribution is 6.29. The van der Waals surface area contributed by atoms with Crippen molar-refractivity contribution in [2.24, 2.45) is 0 Å². The number of hydrogen-bond acceptors (Lipinski definition) is 4. The van der Waals surface area contributed by atoms with Crippen LogP contribution in [0.2, 0.25) is 5.15 Å². The number of methoxy groups -OCH3 is 1. The monoisotopic (exact) mass is 298 g/mol. The second-order valence-electron chi connectivity index (χ2n) is 5.51. The van der Waals surface area contributed by atoms with Crippen LogP contribution >= 0.6 is 11.6 Å². The van der Waals surface area contributed by atoms with Crippen LogP contribution in [-0.4, -0.2) is 54.3 Å². The van der Waals surface area contributed by atoms with Gasteiger partial charge in [0.1, 0.15) is 5.15 Å². The first-order valence-corrected chi connectivity index (χ1v) is 6.87. The SMILES string of the molecule is COCC1CN(C(=O)c2ccnc(Cl)c2)CC(C)(C)O1. The lowest BCUT2D eigenvalue weighted by Crippen LogP contribution is -2.55. The maximum atomic E-state index is 12.5. The first kappa shape index (κ1) is 15.2. The second kappa shape index (κ2) is 6.08. The van der Waals surface area contributed by atoms with Gasteiger partial charge in [-0.2, -0.15) is 0 Å². The van der Waals surface area contributed by atoms with Crippen LogP contribution in [-0.2, 0) is 9.47 Å². The predicted molar refractivity (Wildman–Crippen MR) is 76.0 cm³/mol. The predicted octanol–water partition coefficient (Wildman–Crippen LogP) is 2.00. The minimum Gasteiger partial charge on any atom is -0.382 e. The van der Waals surface area contributed by atoms with E-state index in [1.165, 1.54) is 6.20 Å². The lowest BCUT2D eigenvalue weighted by atomic mass is 10.0. The normalized spacial score (nSPS) is 21.8. The maximum absolute atomic E-state index is 12.5. The van der Waals surface area contributed by atoms with E-state index in [0.717, 1.165) is 0 Å². The van der Waals surface area contributed by atoms with Crippen LogP contribution in [0.4, 0.5) is 0 Å². The second-order valence-corrected chi connectivity index (χ2v) is 5.90. The number of ether oxygens (including phenoxy) is 2.